The first-order chi connectivity index (χ1) is 9.22. The van der Waals surface area contributed by atoms with Crippen LogP contribution < -0.4 is 5.73 Å². The maximum atomic E-state index is 12.0. The number of hydrogen-bond acceptors (Lipinski definition) is 5. The standard InChI is InChI=1S/C13H16BrNO4S/c1-3-19-12(16)13(15)10(11(13)20(2,17)18)8-4-6-9(14)7-5-8/h4-7,10-11H,3,15H2,1-2H3/t10-,11-,13+/m0/s1. The monoisotopic (exact) mass is 361 g/mol. The molecule has 1 saturated carbocycles. The van der Waals surface area contributed by atoms with E-state index in [1.54, 1.807) is 31.2 Å². The molecule has 1 aliphatic rings. The first-order valence-electron chi connectivity index (χ1n) is 6.13. The molecule has 2 N–H and O–H groups in total. The second-order valence-corrected chi connectivity index (χ2v) is 8.02. The number of sulfone groups is 1. The lowest BCUT2D eigenvalue weighted by molar-refractivity contribution is -0.145. The van der Waals surface area contributed by atoms with Crippen LogP contribution in [0, 0.1) is 0 Å². The van der Waals surface area contributed by atoms with Gasteiger partial charge < -0.3 is 10.5 Å². The highest BCUT2D eigenvalue weighted by molar-refractivity contribution is 9.10. The van der Waals surface area contributed by atoms with Gasteiger partial charge in [0.05, 0.1) is 11.9 Å². The largest absolute Gasteiger partial charge is 0.465 e. The molecule has 2 rings (SSSR count). The summed E-state index contributed by atoms with van der Waals surface area (Å²) in [6, 6.07) is 7.11. The maximum Gasteiger partial charge on any atom is 0.328 e. The summed E-state index contributed by atoms with van der Waals surface area (Å²) < 4.78 is 29.5. The third kappa shape index (κ3) is 2.49. The zero-order valence-corrected chi connectivity index (χ0v) is 13.6. The van der Waals surface area contributed by atoms with Gasteiger partial charge in [-0.15, -0.1) is 0 Å². The second kappa shape index (κ2) is 5.13. The molecule has 0 spiro atoms. The molecule has 0 aliphatic heterocycles. The molecule has 0 unspecified atom stereocenters. The number of carbonyl (C=O) groups is 1. The van der Waals surface area contributed by atoms with Crippen molar-refractivity contribution in [1.29, 1.82) is 0 Å². The van der Waals surface area contributed by atoms with Crippen LogP contribution in [-0.4, -0.2) is 38.0 Å². The van der Waals surface area contributed by atoms with Gasteiger partial charge in [-0.3, -0.25) is 0 Å². The zero-order chi connectivity index (χ0) is 15.1. The van der Waals surface area contributed by atoms with Crippen molar-refractivity contribution in [3.8, 4) is 0 Å². The quantitative estimate of drug-likeness (QED) is 0.814. The summed E-state index contributed by atoms with van der Waals surface area (Å²) >= 11 is 3.31. The molecule has 0 heterocycles. The van der Waals surface area contributed by atoms with Gasteiger partial charge in [0, 0.05) is 16.6 Å². The summed E-state index contributed by atoms with van der Waals surface area (Å²) in [6.45, 7) is 1.83. The number of nitrogens with two attached hydrogens (primary N) is 1. The highest BCUT2D eigenvalue weighted by Crippen LogP contribution is 2.54. The summed E-state index contributed by atoms with van der Waals surface area (Å²) in [4.78, 5) is 12.0. The Morgan fingerprint density at radius 1 is 1.40 bits per heavy atom. The highest BCUT2D eigenvalue weighted by Gasteiger charge is 2.73. The van der Waals surface area contributed by atoms with E-state index in [0.717, 1.165) is 16.3 Å². The van der Waals surface area contributed by atoms with E-state index in [1.807, 2.05) is 0 Å². The van der Waals surface area contributed by atoms with Crippen LogP contribution in [0.5, 0.6) is 0 Å². The Labute approximate surface area is 126 Å². The van der Waals surface area contributed by atoms with Crippen LogP contribution in [0.4, 0.5) is 0 Å². The van der Waals surface area contributed by atoms with Gasteiger partial charge in [-0.1, -0.05) is 28.1 Å². The average Bonchev–Trinajstić information content (AvgIpc) is 2.99. The Balaban J connectivity index is 2.41. The second-order valence-electron chi connectivity index (χ2n) is 4.93. The molecule has 20 heavy (non-hydrogen) atoms. The van der Waals surface area contributed by atoms with E-state index in [4.69, 9.17) is 10.5 Å². The predicted octanol–water partition coefficient (Wildman–Crippen LogP) is 1.22. The lowest BCUT2D eigenvalue weighted by atomic mass is 10.1. The lowest BCUT2D eigenvalue weighted by Crippen LogP contribution is -2.41. The normalized spacial score (nSPS) is 29.0. The van der Waals surface area contributed by atoms with Crippen molar-refractivity contribution in [2.24, 2.45) is 5.73 Å². The number of ether oxygens (including phenoxy) is 1. The molecular formula is C13H16BrNO4S. The summed E-state index contributed by atoms with van der Waals surface area (Å²) in [5.74, 6) is -1.23. The fraction of sp³-hybridized carbons (Fsp3) is 0.462. The molecule has 7 heteroatoms. The van der Waals surface area contributed by atoms with Crippen LogP contribution in [0.2, 0.25) is 0 Å². The molecule has 3 atom stereocenters. The van der Waals surface area contributed by atoms with E-state index >= 15 is 0 Å². The third-order valence-corrected chi connectivity index (χ3v) is 5.61. The van der Waals surface area contributed by atoms with E-state index in [-0.39, 0.29) is 6.61 Å². The van der Waals surface area contributed by atoms with Crippen molar-refractivity contribution in [3.05, 3.63) is 34.3 Å². The Hall–Kier alpha value is -0.920. The number of rotatable bonds is 4. The zero-order valence-electron chi connectivity index (χ0n) is 11.2. The van der Waals surface area contributed by atoms with Crippen LogP contribution in [-0.2, 0) is 19.4 Å². The number of hydrogen-bond donors (Lipinski definition) is 1. The van der Waals surface area contributed by atoms with Gasteiger partial charge in [-0.2, -0.15) is 0 Å². The van der Waals surface area contributed by atoms with Crippen molar-refractivity contribution in [1.82, 2.24) is 0 Å². The molecule has 5 nitrogen and oxygen atoms in total. The first kappa shape index (κ1) is 15.5. The minimum Gasteiger partial charge on any atom is -0.465 e. The van der Waals surface area contributed by atoms with Crippen molar-refractivity contribution in [2.75, 3.05) is 12.9 Å². The van der Waals surface area contributed by atoms with Gasteiger partial charge in [0.1, 0.15) is 5.54 Å². The van der Waals surface area contributed by atoms with Crippen molar-refractivity contribution in [2.45, 2.75) is 23.6 Å². The molecule has 0 saturated heterocycles. The number of carbonyl (C=O) groups excluding carboxylic acids is 1. The molecule has 1 aromatic carbocycles. The van der Waals surface area contributed by atoms with Crippen LogP contribution in [0.25, 0.3) is 0 Å². The predicted molar refractivity (Wildman–Crippen MR) is 79.1 cm³/mol. The molecule has 0 radical (unpaired) electrons. The maximum absolute atomic E-state index is 12.0. The Morgan fingerprint density at radius 2 is 1.95 bits per heavy atom. The fourth-order valence-corrected chi connectivity index (χ4v) is 4.61. The molecule has 0 aromatic heterocycles. The van der Waals surface area contributed by atoms with E-state index in [1.165, 1.54) is 0 Å². The molecule has 110 valence electrons. The summed E-state index contributed by atoms with van der Waals surface area (Å²) in [6.07, 6.45) is 1.09. The Morgan fingerprint density at radius 3 is 2.40 bits per heavy atom. The number of esters is 1. The van der Waals surface area contributed by atoms with Gasteiger partial charge in [0.2, 0.25) is 0 Å². The van der Waals surface area contributed by atoms with Crippen LogP contribution >= 0.6 is 15.9 Å². The summed E-state index contributed by atoms with van der Waals surface area (Å²) in [7, 11) is -3.45. The molecule has 0 amide bonds. The van der Waals surface area contributed by atoms with Gasteiger partial charge in [-0.05, 0) is 24.6 Å². The van der Waals surface area contributed by atoms with Gasteiger partial charge in [0.25, 0.3) is 0 Å². The van der Waals surface area contributed by atoms with Crippen LogP contribution in [0.3, 0.4) is 0 Å². The molecular weight excluding hydrogens is 346 g/mol. The van der Waals surface area contributed by atoms with E-state index in [0.29, 0.717) is 0 Å². The van der Waals surface area contributed by atoms with E-state index < -0.39 is 32.5 Å². The molecule has 0 bridgehead atoms. The van der Waals surface area contributed by atoms with Crippen LogP contribution in [0.15, 0.2) is 28.7 Å². The SMILES string of the molecule is CCOC(=O)[C@@]1(N)[C@@H](c2ccc(Br)cc2)[C@@H]1S(C)(=O)=O. The third-order valence-electron chi connectivity index (χ3n) is 3.50. The minimum absolute atomic E-state index is 0.168. The van der Waals surface area contributed by atoms with Crippen molar-refractivity contribution >= 4 is 31.7 Å². The van der Waals surface area contributed by atoms with Gasteiger partial charge in [-0.25, -0.2) is 13.2 Å². The summed E-state index contributed by atoms with van der Waals surface area (Å²) in [5.41, 5.74) is 5.29. The Kier molecular flexibility index (Phi) is 3.96. The molecule has 1 fully saturated rings. The Bertz CT molecular complexity index is 628. The topological polar surface area (TPSA) is 86.5 Å². The van der Waals surface area contributed by atoms with E-state index in [2.05, 4.69) is 15.9 Å². The minimum atomic E-state index is -3.45. The molecule has 1 aliphatic carbocycles. The summed E-state index contributed by atoms with van der Waals surface area (Å²) in [5, 5.41) is -0.935. The van der Waals surface area contributed by atoms with Crippen LogP contribution in [0.1, 0.15) is 18.4 Å². The lowest BCUT2D eigenvalue weighted by Gasteiger charge is -2.10. The highest BCUT2D eigenvalue weighted by atomic mass is 79.9. The number of halogens is 1. The number of benzene rings is 1. The van der Waals surface area contributed by atoms with E-state index in [9.17, 15) is 13.2 Å². The van der Waals surface area contributed by atoms with Gasteiger partial charge in [0.15, 0.2) is 9.84 Å². The van der Waals surface area contributed by atoms with Crippen molar-refractivity contribution < 1.29 is 17.9 Å². The molecule has 1 aromatic rings. The first-order valence-corrected chi connectivity index (χ1v) is 8.88. The average molecular weight is 362 g/mol. The fourth-order valence-electron chi connectivity index (χ4n) is 2.60. The smallest absolute Gasteiger partial charge is 0.328 e. The van der Waals surface area contributed by atoms with Gasteiger partial charge >= 0.3 is 5.97 Å². The van der Waals surface area contributed by atoms with Crippen molar-refractivity contribution in [3.63, 3.8) is 0 Å².